The highest BCUT2D eigenvalue weighted by Gasteiger charge is 2.28. The number of nitrogens with zero attached hydrogens (tertiary/aromatic N) is 1. The van der Waals surface area contributed by atoms with Crippen LogP contribution in [0.15, 0.2) is 11.0 Å². The Balaban J connectivity index is 0.00000220. The number of aryl methyl sites for hydroxylation is 1. The zero-order valence-corrected chi connectivity index (χ0v) is 14.6. The van der Waals surface area contributed by atoms with E-state index >= 15 is 0 Å². The number of piperazine rings is 1. The van der Waals surface area contributed by atoms with Crippen LogP contribution in [0, 0.1) is 6.92 Å². The number of halogens is 1. The lowest BCUT2D eigenvalue weighted by molar-refractivity contribution is 0.0678. The molecule has 2 unspecified atom stereocenters. The van der Waals surface area contributed by atoms with Crippen LogP contribution in [0.2, 0.25) is 0 Å². The highest BCUT2D eigenvalue weighted by molar-refractivity contribution is 7.89. The number of thiophene rings is 1. The normalized spacial score (nSPS) is 22.8. The van der Waals surface area contributed by atoms with Gasteiger partial charge in [0, 0.05) is 30.1 Å². The highest BCUT2D eigenvalue weighted by Crippen LogP contribution is 2.26. The van der Waals surface area contributed by atoms with Crippen molar-refractivity contribution in [2.24, 2.45) is 5.14 Å². The van der Waals surface area contributed by atoms with Gasteiger partial charge in [0.25, 0.3) is 5.91 Å². The van der Waals surface area contributed by atoms with Crippen LogP contribution < -0.4 is 10.5 Å². The number of amides is 1. The second-order valence-electron chi connectivity index (χ2n) is 5.25. The Kier molecular flexibility index (Phi) is 5.79. The summed E-state index contributed by atoms with van der Waals surface area (Å²) >= 11 is 1.17. The zero-order chi connectivity index (χ0) is 15.1. The molecule has 0 aromatic carbocycles. The molecule has 1 saturated heterocycles. The number of rotatable bonds is 2. The van der Waals surface area contributed by atoms with E-state index in [1.54, 1.807) is 11.8 Å². The minimum absolute atomic E-state index is 0. The minimum Gasteiger partial charge on any atom is -0.335 e. The molecule has 2 heterocycles. The van der Waals surface area contributed by atoms with Crippen molar-refractivity contribution in [1.82, 2.24) is 10.2 Å². The summed E-state index contributed by atoms with van der Waals surface area (Å²) < 4.78 is 22.8. The van der Waals surface area contributed by atoms with Crippen LogP contribution in [0.25, 0.3) is 0 Å². The summed E-state index contributed by atoms with van der Waals surface area (Å²) in [6.45, 7) is 6.93. The summed E-state index contributed by atoms with van der Waals surface area (Å²) in [5.41, 5.74) is 0. The number of hydrogen-bond donors (Lipinski definition) is 2. The lowest BCUT2D eigenvalue weighted by Crippen LogP contribution is -2.55. The molecule has 3 N–H and O–H groups in total. The lowest BCUT2D eigenvalue weighted by Gasteiger charge is -2.35. The number of nitrogens with two attached hydrogens (primary N) is 1. The third kappa shape index (κ3) is 4.17. The second-order valence-corrected chi connectivity index (χ2v) is 8.04. The molecule has 1 aliphatic rings. The van der Waals surface area contributed by atoms with Gasteiger partial charge in [-0.3, -0.25) is 4.79 Å². The Morgan fingerprint density at radius 1 is 1.38 bits per heavy atom. The molecule has 1 aliphatic heterocycles. The number of carbonyl (C=O) groups is 1. The Labute approximate surface area is 135 Å². The molecule has 2 rings (SSSR count). The predicted molar refractivity (Wildman–Crippen MR) is 85.6 cm³/mol. The molecule has 9 heteroatoms. The van der Waals surface area contributed by atoms with E-state index in [0.717, 1.165) is 0 Å². The molecule has 1 fully saturated rings. The third-order valence-corrected chi connectivity index (χ3v) is 5.44. The van der Waals surface area contributed by atoms with Gasteiger partial charge in [-0.25, -0.2) is 13.6 Å². The number of carbonyl (C=O) groups excluding carboxylic acids is 1. The van der Waals surface area contributed by atoms with Crippen molar-refractivity contribution in [3.05, 3.63) is 15.8 Å². The maximum atomic E-state index is 12.5. The van der Waals surface area contributed by atoms with Crippen LogP contribution in [0.4, 0.5) is 0 Å². The molecule has 0 radical (unpaired) electrons. The Bertz CT molecular complexity index is 620. The van der Waals surface area contributed by atoms with Crippen LogP contribution in [0.3, 0.4) is 0 Å². The molecular formula is C12H20ClN3O3S2. The topological polar surface area (TPSA) is 92.5 Å². The third-order valence-electron chi connectivity index (χ3n) is 3.23. The maximum Gasteiger partial charge on any atom is 0.264 e. The lowest BCUT2D eigenvalue weighted by atomic mass is 10.1. The van der Waals surface area contributed by atoms with Crippen LogP contribution >= 0.6 is 23.7 Å². The predicted octanol–water partition coefficient (Wildman–Crippen LogP) is 0.948. The molecular weight excluding hydrogens is 334 g/mol. The molecule has 0 spiro atoms. The average molecular weight is 354 g/mol. The van der Waals surface area contributed by atoms with E-state index in [2.05, 4.69) is 5.32 Å². The fraction of sp³-hybridized carbons (Fsp3) is 0.583. The molecule has 2 atom stereocenters. The van der Waals surface area contributed by atoms with Gasteiger partial charge in [-0.2, -0.15) is 0 Å². The summed E-state index contributed by atoms with van der Waals surface area (Å²) in [6, 6.07) is 1.83. The molecule has 0 bridgehead atoms. The van der Waals surface area contributed by atoms with Gasteiger partial charge in [0.15, 0.2) is 0 Å². The van der Waals surface area contributed by atoms with Gasteiger partial charge in [0.1, 0.15) is 0 Å². The second kappa shape index (κ2) is 6.62. The van der Waals surface area contributed by atoms with Gasteiger partial charge in [0.2, 0.25) is 10.0 Å². The fourth-order valence-corrected chi connectivity index (χ4v) is 4.62. The van der Waals surface area contributed by atoms with Gasteiger partial charge in [-0.1, -0.05) is 0 Å². The Hall–Kier alpha value is -0.670. The largest absolute Gasteiger partial charge is 0.335 e. The first-order chi connectivity index (χ1) is 9.18. The van der Waals surface area contributed by atoms with Crippen LogP contribution in [0.1, 0.15) is 28.4 Å². The van der Waals surface area contributed by atoms with E-state index in [-0.39, 0.29) is 35.3 Å². The van der Waals surface area contributed by atoms with E-state index in [1.807, 2.05) is 13.8 Å². The summed E-state index contributed by atoms with van der Waals surface area (Å²) in [7, 11) is -3.77. The summed E-state index contributed by atoms with van der Waals surface area (Å²) in [4.78, 5) is 15.2. The van der Waals surface area contributed by atoms with Crippen LogP contribution in [-0.4, -0.2) is 44.4 Å². The van der Waals surface area contributed by atoms with E-state index in [0.29, 0.717) is 22.8 Å². The molecule has 6 nitrogen and oxygen atoms in total. The van der Waals surface area contributed by atoms with E-state index in [4.69, 9.17) is 5.14 Å². The van der Waals surface area contributed by atoms with Crippen molar-refractivity contribution >= 4 is 39.7 Å². The number of primary sulfonamides is 1. The highest BCUT2D eigenvalue weighted by atomic mass is 35.5. The van der Waals surface area contributed by atoms with Crippen molar-refractivity contribution in [2.45, 2.75) is 37.8 Å². The summed E-state index contributed by atoms with van der Waals surface area (Å²) in [5, 5.41) is 8.49. The fourth-order valence-electron chi connectivity index (χ4n) is 2.50. The first-order valence-electron chi connectivity index (χ1n) is 6.37. The van der Waals surface area contributed by atoms with Crippen molar-refractivity contribution in [3.63, 3.8) is 0 Å². The molecule has 1 aromatic heterocycles. The molecule has 21 heavy (non-hydrogen) atoms. The van der Waals surface area contributed by atoms with Crippen molar-refractivity contribution in [1.29, 1.82) is 0 Å². The molecule has 0 aliphatic carbocycles. The van der Waals surface area contributed by atoms with Gasteiger partial charge >= 0.3 is 0 Å². The van der Waals surface area contributed by atoms with Crippen molar-refractivity contribution < 1.29 is 13.2 Å². The van der Waals surface area contributed by atoms with Gasteiger partial charge < -0.3 is 10.2 Å². The van der Waals surface area contributed by atoms with Crippen LogP contribution in [-0.2, 0) is 10.0 Å². The smallest absolute Gasteiger partial charge is 0.264 e. The number of nitrogens with one attached hydrogen (secondary N) is 1. The molecule has 120 valence electrons. The number of hydrogen-bond acceptors (Lipinski definition) is 5. The Morgan fingerprint density at radius 3 is 2.33 bits per heavy atom. The first kappa shape index (κ1) is 18.4. The standard InChI is InChI=1S/C12H19N3O3S2.ClH/c1-7-5-15(6-8(2)14-7)12(16)10-4-11(9(3)19-10)20(13,17)18;/h4,7-8,14H,5-6H2,1-3H3,(H2,13,17,18);1H. The van der Waals surface area contributed by atoms with E-state index in [1.165, 1.54) is 17.4 Å². The number of sulfonamides is 1. The van der Waals surface area contributed by atoms with E-state index < -0.39 is 10.0 Å². The van der Waals surface area contributed by atoms with Gasteiger partial charge in [0.05, 0.1) is 9.77 Å². The van der Waals surface area contributed by atoms with Gasteiger partial charge in [-0.05, 0) is 26.8 Å². The maximum absolute atomic E-state index is 12.5. The molecule has 1 aromatic rings. The first-order valence-corrected chi connectivity index (χ1v) is 8.73. The Morgan fingerprint density at radius 2 is 1.90 bits per heavy atom. The van der Waals surface area contributed by atoms with E-state index in [9.17, 15) is 13.2 Å². The summed E-state index contributed by atoms with van der Waals surface area (Å²) in [5.74, 6) is -0.131. The quantitative estimate of drug-likeness (QED) is 0.827. The molecule has 1 amide bonds. The monoisotopic (exact) mass is 353 g/mol. The van der Waals surface area contributed by atoms with Gasteiger partial charge in [-0.15, -0.1) is 23.7 Å². The molecule has 0 saturated carbocycles. The summed E-state index contributed by atoms with van der Waals surface area (Å²) in [6.07, 6.45) is 0. The SMILES string of the molecule is Cc1sc(C(=O)N2CC(C)NC(C)C2)cc1S(N)(=O)=O.Cl. The zero-order valence-electron chi connectivity index (χ0n) is 12.1. The van der Waals surface area contributed by atoms with Crippen molar-refractivity contribution in [3.8, 4) is 0 Å². The van der Waals surface area contributed by atoms with Crippen molar-refractivity contribution in [2.75, 3.05) is 13.1 Å². The average Bonchev–Trinajstić information content (AvgIpc) is 2.68. The minimum atomic E-state index is -3.77. The van der Waals surface area contributed by atoms with Crippen LogP contribution in [0.5, 0.6) is 0 Å².